The van der Waals surface area contributed by atoms with Crippen molar-refractivity contribution < 1.29 is 14.7 Å². The zero-order valence-electron chi connectivity index (χ0n) is 11.5. The van der Waals surface area contributed by atoms with Crippen LogP contribution in [0, 0.1) is 0 Å². The van der Waals surface area contributed by atoms with Crippen molar-refractivity contribution in [2.24, 2.45) is 0 Å². The number of aryl methyl sites for hydroxylation is 1. The molecule has 1 aromatic rings. The van der Waals surface area contributed by atoms with Gasteiger partial charge in [0.1, 0.15) is 0 Å². The lowest BCUT2D eigenvalue weighted by atomic mass is 9.98. The summed E-state index contributed by atoms with van der Waals surface area (Å²) in [5.74, 6) is -0.932. The number of carboxylic acids is 1. The Hall–Kier alpha value is -1.68. The molecule has 104 valence electrons. The Morgan fingerprint density at radius 1 is 1.26 bits per heavy atom. The van der Waals surface area contributed by atoms with Gasteiger partial charge in [0.2, 0.25) is 0 Å². The van der Waals surface area contributed by atoms with Crippen LogP contribution in [0.1, 0.15) is 42.1 Å². The van der Waals surface area contributed by atoms with Gasteiger partial charge >= 0.3 is 5.97 Å². The monoisotopic (exact) mass is 263 g/mol. The van der Waals surface area contributed by atoms with Gasteiger partial charge in [0.05, 0.1) is 6.04 Å². The highest BCUT2D eigenvalue weighted by molar-refractivity contribution is 6.00. The number of carboxylic acid groups (broad SMARTS) is 1. The van der Waals surface area contributed by atoms with Crippen LogP contribution in [-0.4, -0.2) is 29.9 Å². The van der Waals surface area contributed by atoms with E-state index in [2.05, 4.69) is 12.2 Å². The maximum Gasteiger partial charge on any atom is 0.303 e. The summed E-state index contributed by atoms with van der Waals surface area (Å²) in [6.45, 7) is 2.11. The maximum absolute atomic E-state index is 12.2. The second-order valence-corrected chi connectivity index (χ2v) is 4.58. The zero-order valence-corrected chi connectivity index (χ0v) is 11.5. The molecule has 0 aliphatic heterocycles. The summed E-state index contributed by atoms with van der Waals surface area (Å²) in [7, 11) is 1.68. The summed E-state index contributed by atoms with van der Waals surface area (Å²) in [5.41, 5.74) is 1.84. The van der Waals surface area contributed by atoms with Gasteiger partial charge in [0.25, 0.3) is 0 Å². The van der Waals surface area contributed by atoms with Crippen LogP contribution in [0.2, 0.25) is 0 Å². The molecule has 0 aliphatic carbocycles. The van der Waals surface area contributed by atoms with Gasteiger partial charge in [-0.15, -0.1) is 0 Å². The highest BCUT2D eigenvalue weighted by atomic mass is 16.4. The number of benzene rings is 1. The smallest absolute Gasteiger partial charge is 0.303 e. The van der Waals surface area contributed by atoms with Crippen LogP contribution in [-0.2, 0) is 11.2 Å². The first-order valence-corrected chi connectivity index (χ1v) is 6.60. The lowest BCUT2D eigenvalue weighted by Gasteiger charge is -2.14. The Labute approximate surface area is 113 Å². The van der Waals surface area contributed by atoms with E-state index in [0.29, 0.717) is 12.0 Å². The predicted molar refractivity (Wildman–Crippen MR) is 74.5 cm³/mol. The first-order chi connectivity index (χ1) is 9.08. The molecule has 4 heteroatoms. The molecule has 0 aromatic heterocycles. The van der Waals surface area contributed by atoms with Crippen molar-refractivity contribution in [3.8, 4) is 0 Å². The lowest BCUT2D eigenvalue weighted by Crippen LogP contribution is -2.34. The Morgan fingerprint density at radius 3 is 2.37 bits per heavy atom. The van der Waals surface area contributed by atoms with Gasteiger partial charge in [-0.25, -0.2) is 0 Å². The van der Waals surface area contributed by atoms with E-state index in [0.717, 1.165) is 12.8 Å². The molecule has 19 heavy (non-hydrogen) atoms. The molecule has 0 spiro atoms. The fourth-order valence-corrected chi connectivity index (χ4v) is 2.00. The third-order valence-electron chi connectivity index (χ3n) is 3.09. The van der Waals surface area contributed by atoms with Crippen LogP contribution in [0.15, 0.2) is 24.3 Å². The molecule has 1 rings (SSSR count). The molecular formula is C15H21NO3. The number of ketones is 1. The third-order valence-corrected chi connectivity index (χ3v) is 3.09. The minimum Gasteiger partial charge on any atom is -0.481 e. The molecule has 0 heterocycles. The normalized spacial score (nSPS) is 12.1. The number of carbonyl (C=O) groups is 2. The van der Waals surface area contributed by atoms with Crippen LogP contribution in [0.5, 0.6) is 0 Å². The number of nitrogens with one attached hydrogen (secondary N) is 1. The molecule has 0 saturated carbocycles. The van der Waals surface area contributed by atoms with E-state index >= 15 is 0 Å². The summed E-state index contributed by atoms with van der Waals surface area (Å²) in [6, 6.07) is 7.12. The number of hydrogen-bond acceptors (Lipinski definition) is 3. The highest BCUT2D eigenvalue weighted by Crippen LogP contribution is 2.11. The summed E-state index contributed by atoms with van der Waals surface area (Å²) < 4.78 is 0. The minimum atomic E-state index is -0.883. The Balaban J connectivity index is 2.70. The molecular weight excluding hydrogens is 242 g/mol. The van der Waals surface area contributed by atoms with Crippen LogP contribution < -0.4 is 5.32 Å². The average Bonchev–Trinajstić information content (AvgIpc) is 2.40. The predicted octanol–water partition coefficient (Wildman–Crippen LogP) is 2.27. The van der Waals surface area contributed by atoms with E-state index in [1.165, 1.54) is 5.56 Å². The zero-order chi connectivity index (χ0) is 14.3. The molecule has 2 N–H and O–H groups in total. The van der Waals surface area contributed by atoms with Crippen molar-refractivity contribution >= 4 is 11.8 Å². The molecule has 0 bridgehead atoms. The van der Waals surface area contributed by atoms with E-state index in [4.69, 9.17) is 5.11 Å². The molecule has 0 fully saturated rings. The van der Waals surface area contributed by atoms with E-state index in [1.807, 2.05) is 24.3 Å². The Kier molecular flexibility index (Phi) is 6.22. The average molecular weight is 263 g/mol. The fourth-order valence-electron chi connectivity index (χ4n) is 2.00. The standard InChI is InChI=1S/C15H21NO3/c1-3-4-11-5-7-12(8-6-11)15(19)13(16-2)9-10-14(17)18/h5-8,13,16H,3-4,9-10H2,1-2H3,(H,17,18). The van der Waals surface area contributed by atoms with Crippen molar-refractivity contribution in [3.05, 3.63) is 35.4 Å². The lowest BCUT2D eigenvalue weighted by molar-refractivity contribution is -0.137. The number of carbonyl (C=O) groups excluding carboxylic acids is 1. The van der Waals surface area contributed by atoms with Crippen molar-refractivity contribution in [2.45, 2.75) is 38.6 Å². The van der Waals surface area contributed by atoms with E-state index in [1.54, 1.807) is 7.05 Å². The van der Waals surface area contributed by atoms with Gasteiger partial charge in [0.15, 0.2) is 5.78 Å². The van der Waals surface area contributed by atoms with Gasteiger partial charge in [-0.1, -0.05) is 37.6 Å². The van der Waals surface area contributed by atoms with Crippen LogP contribution in [0.25, 0.3) is 0 Å². The number of aliphatic carboxylic acids is 1. The second-order valence-electron chi connectivity index (χ2n) is 4.58. The fraction of sp³-hybridized carbons (Fsp3) is 0.467. The Morgan fingerprint density at radius 2 is 1.89 bits per heavy atom. The summed E-state index contributed by atoms with van der Waals surface area (Å²) in [6.07, 6.45) is 2.38. The van der Waals surface area contributed by atoms with E-state index in [9.17, 15) is 9.59 Å². The van der Waals surface area contributed by atoms with Crippen molar-refractivity contribution in [3.63, 3.8) is 0 Å². The molecule has 0 aliphatic rings. The SMILES string of the molecule is CCCc1ccc(C(=O)C(CCC(=O)O)NC)cc1. The van der Waals surface area contributed by atoms with Gasteiger partial charge in [-0.3, -0.25) is 9.59 Å². The minimum absolute atomic E-state index is 0.00876. The quantitative estimate of drug-likeness (QED) is 0.706. The maximum atomic E-state index is 12.2. The number of hydrogen-bond donors (Lipinski definition) is 2. The van der Waals surface area contributed by atoms with Crippen LogP contribution in [0.4, 0.5) is 0 Å². The molecule has 0 saturated heterocycles. The molecule has 1 unspecified atom stereocenters. The molecule has 0 amide bonds. The second kappa shape index (κ2) is 7.69. The largest absolute Gasteiger partial charge is 0.481 e. The molecule has 0 radical (unpaired) electrons. The van der Waals surface area contributed by atoms with Gasteiger partial charge < -0.3 is 10.4 Å². The van der Waals surface area contributed by atoms with Crippen molar-refractivity contribution in [1.29, 1.82) is 0 Å². The van der Waals surface area contributed by atoms with Gasteiger partial charge in [-0.05, 0) is 25.5 Å². The van der Waals surface area contributed by atoms with Gasteiger partial charge in [-0.2, -0.15) is 0 Å². The summed E-state index contributed by atoms with van der Waals surface area (Å²) >= 11 is 0. The molecule has 1 aromatic carbocycles. The van der Waals surface area contributed by atoms with E-state index in [-0.39, 0.29) is 12.2 Å². The molecule has 1 atom stereocenters. The summed E-state index contributed by atoms with van der Waals surface area (Å²) in [4.78, 5) is 22.8. The van der Waals surface area contributed by atoms with E-state index < -0.39 is 12.0 Å². The van der Waals surface area contributed by atoms with Gasteiger partial charge in [0, 0.05) is 12.0 Å². The number of likely N-dealkylation sites (N-methyl/N-ethyl adjacent to an activating group) is 1. The third kappa shape index (κ3) is 4.83. The number of rotatable bonds is 8. The summed E-state index contributed by atoms with van der Waals surface area (Å²) in [5, 5.41) is 11.5. The first-order valence-electron chi connectivity index (χ1n) is 6.60. The van der Waals surface area contributed by atoms with Crippen molar-refractivity contribution in [2.75, 3.05) is 7.05 Å². The Bertz CT molecular complexity index is 426. The number of Topliss-reactive ketones (excluding diaryl/α,β-unsaturated/α-hetero) is 1. The van der Waals surface area contributed by atoms with Crippen molar-refractivity contribution in [1.82, 2.24) is 5.32 Å². The first kappa shape index (κ1) is 15.4. The highest BCUT2D eigenvalue weighted by Gasteiger charge is 2.19. The topological polar surface area (TPSA) is 66.4 Å². The molecule has 4 nitrogen and oxygen atoms in total. The van der Waals surface area contributed by atoms with Crippen LogP contribution in [0.3, 0.4) is 0 Å². The van der Waals surface area contributed by atoms with Crippen LogP contribution >= 0.6 is 0 Å².